The van der Waals surface area contributed by atoms with Crippen LogP contribution >= 0.6 is 0 Å². The Kier molecular flexibility index (Phi) is 5.26. The minimum atomic E-state index is 0.0415. The van der Waals surface area contributed by atoms with E-state index in [1.807, 2.05) is 12.1 Å². The molecule has 94 valence electrons. The maximum Gasteiger partial charge on any atom is 0.188 e. The SMILES string of the molecule is CCCN(CCC)c1ccnc(/C(N)=N/O)c1. The Bertz CT molecular complexity index is 373. The van der Waals surface area contributed by atoms with E-state index in [0.29, 0.717) is 5.69 Å². The summed E-state index contributed by atoms with van der Waals surface area (Å²) < 4.78 is 0. The van der Waals surface area contributed by atoms with Crippen LogP contribution in [0.15, 0.2) is 23.5 Å². The van der Waals surface area contributed by atoms with Gasteiger partial charge in [-0.1, -0.05) is 19.0 Å². The van der Waals surface area contributed by atoms with Gasteiger partial charge in [0.2, 0.25) is 0 Å². The molecule has 1 rings (SSSR count). The summed E-state index contributed by atoms with van der Waals surface area (Å²) in [6.45, 7) is 6.28. The molecule has 1 heterocycles. The van der Waals surface area contributed by atoms with Crippen molar-refractivity contribution in [3.63, 3.8) is 0 Å². The Hall–Kier alpha value is -1.78. The number of nitrogens with zero attached hydrogens (tertiary/aromatic N) is 3. The third-order valence-electron chi connectivity index (χ3n) is 2.47. The van der Waals surface area contributed by atoms with Crippen LogP contribution in [0.2, 0.25) is 0 Å². The third-order valence-corrected chi connectivity index (χ3v) is 2.47. The van der Waals surface area contributed by atoms with Gasteiger partial charge in [0, 0.05) is 25.0 Å². The number of rotatable bonds is 6. The highest BCUT2D eigenvalue weighted by molar-refractivity contribution is 5.95. The van der Waals surface area contributed by atoms with Crippen LogP contribution in [0.25, 0.3) is 0 Å². The molecule has 3 N–H and O–H groups in total. The Morgan fingerprint density at radius 1 is 1.41 bits per heavy atom. The van der Waals surface area contributed by atoms with Gasteiger partial charge in [0.1, 0.15) is 5.69 Å². The molecule has 1 aromatic heterocycles. The second-order valence-corrected chi connectivity index (χ2v) is 3.87. The lowest BCUT2D eigenvalue weighted by molar-refractivity contribution is 0.318. The Morgan fingerprint density at radius 2 is 2.06 bits per heavy atom. The molecule has 0 fully saturated rings. The predicted octanol–water partition coefficient (Wildman–Crippen LogP) is 1.80. The molecule has 0 aliphatic heterocycles. The van der Waals surface area contributed by atoms with Crippen molar-refractivity contribution >= 4 is 11.5 Å². The fraction of sp³-hybridized carbons (Fsp3) is 0.500. The van der Waals surface area contributed by atoms with Crippen molar-refractivity contribution in [1.29, 1.82) is 0 Å². The zero-order chi connectivity index (χ0) is 12.7. The summed E-state index contributed by atoms with van der Waals surface area (Å²) in [6, 6.07) is 3.79. The first kappa shape index (κ1) is 13.3. The summed E-state index contributed by atoms with van der Waals surface area (Å²) in [5, 5.41) is 11.6. The summed E-state index contributed by atoms with van der Waals surface area (Å²) in [4.78, 5) is 6.34. The molecule has 0 atom stereocenters. The molecule has 5 nitrogen and oxygen atoms in total. The molecule has 0 radical (unpaired) electrons. The standard InChI is InChI=1S/C12H20N4O/c1-3-7-16(8-4-2)10-5-6-14-11(9-10)12(13)15-17/h5-6,9,17H,3-4,7-8H2,1-2H3,(H2,13,15). The first-order valence-electron chi connectivity index (χ1n) is 5.91. The lowest BCUT2D eigenvalue weighted by Crippen LogP contribution is -2.25. The van der Waals surface area contributed by atoms with Crippen LogP contribution < -0.4 is 10.6 Å². The molecule has 1 aromatic rings. The van der Waals surface area contributed by atoms with Gasteiger partial charge in [0.15, 0.2) is 5.84 Å². The molecule has 17 heavy (non-hydrogen) atoms. The number of hydrogen-bond donors (Lipinski definition) is 2. The largest absolute Gasteiger partial charge is 0.409 e. The van der Waals surface area contributed by atoms with E-state index in [2.05, 4.69) is 28.9 Å². The monoisotopic (exact) mass is 236 g/mol. The molecule has 0 saturated heterocycles. The number of nitrogens with two attached hydrogens (primary N) is 1. The molecule has 0 aliphatic carbocycles. The highest BCUT2D eigenvalue weighted by Crippen LogP contribution is 2.15. The second kappa shape index (κ2) is 6.73. The van der Waals surface area contributed by atoms with E-state index in [1.54, 1.807) is 6.20 Å². The molecular formula is C12H20N4O. The fourth-order valence-electron chi connectivity index (χ4n) is 1.72. The lowest BCUT2D eigenvalue weighted by atomic mass is 10.2. The molecule has 0 aliphatic rings. The molecule has 0 spiro atoms. The second-order valence-electron chi connectivity index (χ2n) is 3.87. The van der Waals surface area contributed by atoms with E-state index < -0.39 is 0 Å². The molecule has 0 saturated carbocycles. The first-order chi connectivity index (χ1) is 8.22. The Balaban J connectivity index is 2.95. The predicted molar refractivity (Wildman–Crippen MR) is 69.5 cm³/mol. The molecule has 0 bridgehead atoms. The number of aromatic nitrogens is 1. The van der Waals surface area contributed by atoms with Crippen LogP contribution in [0.3, 0.4) is 0 Å². The summed E-state index contributed by atoms with van der Waals surface area (Å²) >= 11 is 0. The van der Waals surface area contributed by atoms with Crippen molar-refractivity contribution in [2.24, 2.45) is 10.9 Å². The van der Waals surface area contributed by atoms with Crippen molar-refractivity contribution in [3.05, 3.63) is 24.0 Å². The van der Waals surface area contributed by atoms with Crippen molar-refractivity contribution in [2.75, 3.05) is 18.0 Å². The van der Waals surface area contributed by atoms with Gasteiger partial charge in [-0.25, -0.2) is 0 Å². The van der Waals surface area contributed by atoms with Crippen molar-refractivity contribution < 1.29 is 5.21 Å². The average Bonchev–Trinajstić information content (AvgIpc) is 2.37. The van der Waals surface area contributed by atoms with E-state index in [1.165, 1.54) is 0 Å². The molecule has 0 amide bonds. The van der Waals surface area contributed by atoms with Gasteiger partial charge in [0.05, 0.1) is 0 Å². The van der Waals surface area contributed by atoms with Crippen molar-refractivity contribution in [3.8, 4) is 0 Å². The summed E-state index contributed by atoms with van der Waals surface area (Å²) in [6.07, 6.45) is 3.85. The van der Waals surface area contributed by atoms with Gasteiger partial charge in [-0.3, -0.25) is 4.98 Å². The highest BCUT2D eigenvalue weighted by atomic mass is 16.4. The lowest BCUT2D eigenvalue weighted by Gasteiger charge is -2.23. The van der Waals surface area contributed by atoms with Gasteiger partial charge in [-0.15, -0.1) is 0 Å². The van der Waals surface area contributed by atoms with Gasteiger partial charge in [-0.05, 0) is 25.0 Å². The summed E-state index contributed by atoms with van der Waals surface area (Å²) in [5.74, 6) is 0.0415. The topological polar surface area (TPSA) is 74.7 Å². The minimum Gasteiger partial charge on any atom is -0.409 e. The van der Waals surface area contributed by atoms with Crippen LogP contribution in [-0.2, 0) is 0 Å². The van der Waals surface area contributed by atoms with E-state index in [9.17, 15) is 0 Å². The van der Waals surface area contributed by atoms with Crippen molar-refractivity contribution in [2.45, 2.75) is 26.7 Å². The van der Waals surface area contributed by atoms with Gasteiger partial charge in [-0.2, -0.15) is 0 Å². The Morgan fingerprint density at radius 3 is 2.59 bits per heavy atom. The normalized spacial score (nSPS) is 11.5. The van der Waals surface area contributed by atoms with Crippen LogP contribution in [0.4, 0.5) is 5.69 Å². The summed E-state index contributed by atoms with van der Waals surface area (Å²) in [5.41, 5.74) is 7.09. The number of pyridine rings is 1. The zero-order valence-electron chi connectivity index (χ0n) is 10.4. The van der Waals surface area contributed by atoms with Crippen LogP contribution in [0.5, 0.6) is 0 Å². The fourth-order valence-corrected chi connectivity index (χ4v) is 1.72. The Labute approximate surface area is 102 Å². The number of amidine groups is 1. The molecular weight excluding hydrogens is 216 g/mol. The van der Waals surface area contributed by atoms with Crippen LogP contribution in [0.1, 0.15) is 32.4 Å². The van der Waals surface area contributed by atoms with Crippen molar-refractivity contribution in [1.82, 2.24) is 4.98 Å². The number of hydrogen-bond acceptors (Lipinski definition) is 4. The number of anilines is 1. The quantitative estimate of drug-likeness (QED) is 0.342. The van der Waals surface area contributed by atoms with E-state index in [0.717, 1.165) is 31.6 Å². The molecule has 5 heteroatoms. The maximum absolute atomic E-state index is 8.63. The van der Waals surface area contributed by atoms with Crippen LogP contribution in [0, 0.1) is 0 Å². The number of oxime groups is 1. The minimum absolute atomic E-state index is 0.0415. The van der Waals surface area contributed by atoms with E-state index >= 15 is 0 Å². The van der Waals surface area contributed by atoms with E-state index in [4.69, 9.17) is 10.9 Å². The average molecular weight is 236 g/mol. The molecule has 0 unspecified atom stereocenters. The van der Waals surface area contributed by atoms with E-state index in [-0.39, 0.29) is 5.84 Å². The van der Waals surface area contributed by atoms with Crippen LogP contribution in [-0.4, -0.2) is 29.1 Å². The highest BCUT2D eigenvalue weighted by Gasteiger charge is 2.07. The smallest absolute Gasteiger partial charge is 0.188 e. The van der Waals surface area contributed by atoms with Gasteiger partial charge >= 0.3 is 0 Å². The van der Waals surface area contributed by atoms with Gasteiger partial charge in [0.25, 0.3) is 0 Å². The third kappa shape index (κ3) is 3.62. The van der Waals surface area contributed by atoms with Gasteiger partial charge < -0.3 is 15.8 Å². The molecule has 0 aromatic carbocycles. The zero-order valence-corrected chi connectivity index (χ0v) is 10.4. The first-order valence-corrected chi connectivity index (χ1v) is 5.91. The maximum atomic E-state index is 8.63. The summed E-state index contributed by atoms with van der Waals surface area (Å²) in [7, 11) is 0.